The van der Waals surface area contributed by atoms with Gasteiger partial charge < -0.3 is 5.11 Å². The summed E-state index contributed by atoms with van der Waals surface area (Å²) in [6, 6.07) is 0. The summed E-state index contributed by atoms with van der Waals surface area (Å²) in [5.41, 5.74) is 0.410. The first-order valence-electron chi connectivity index (χ1n) is 7.28. The van der Waals surface area contributed by atoms with Crippen molar-refractivity contribution in [2.24, 2.45) is 14.1 Å². The fraction of sp³-hybridized carbons (Fsp3) is 0.467. The molecule has 1 N–H and O–H groups in total. The summed E-state index contributed by atoms with van der Waals surface area (Å²) in [5.74, 6) is -1.14. The number of aromatic carboxylic acids is 1. The lowest BCUT2D eigenvalue weighted by Gasteiger charge is -2.14. The predicted molar refractivity (Wildman–Crippen MR) is 80.4 cm³/mol. The number of aryl methyl sites for hydroxylation is 2. The second-order valence-corrected chi connectivity index (χ2v) is 5.68. The van der Waals surface area contributed by atoms with E-state index in [0.29, 0.717) is 24.1 Å². The Hall–Kier alpha value is -2.44. The summed E-state index contributed by atoms with van der Waals surface area (Å²) in [4.78, 5) is 40.8. The number of fused-ring (bicyclic) bond motifs is 2. The molecule has 0 aromatic carbocycles. The van der Waals surface area contributed by atoms with Crippen molar-refractivity contribution in [2.45, 2.75) is 32.1 Å². The highest BCUT2D eigenvalue weighted by molar-refractivity contribution is 6.03. The molecule has 1 aliphatic rings. The van der Waals surface area contributed by atoms with Gasteiger partial charge in [-0.15, -0.1) is 0 Å². The van der Waals surface area contributed by atoms with Crippen LogP contribution in [-0.4, -0.2) is 25.2 Å². The van der Waals surface area contributed by atoms with Crippen molar-refractivity contribution in [3.05, 3.63) is 37.7 Å². The number of carboxylic acids is 1. The molecule has 22 heavy (non-hydrogen) atoms. The van der Waals surface area contributed by atoms with E-state index in [1.807, 2.05) is 0 Å². The van der Waals surface area contributed by atoms with Crippen molar-refractivity contribution >= 4 is 17.0 Å². The number of rotatable bonds is 1. The van der Waals surface area contributed by atoms with Gasteiger partial charge in [-0.05, 0) is 31.2 Å². The van der Waals surface area contributed by atoms with Gasteiger partial charge in [-0.1, -0.05) is 6.42 Å². The predicted octanol–water partition coefficient (Wildman–Crippen LogP) is 0.599. The Labute approximate surface area is 125 Å². The lowest BCUT2D eigenvalue weighted by atomic mass is 9.99. The highest BCUT2D eigenvalue weighted by atomic mass is 16.4. The van der Waals surface area contributed by atoms with Gasteiger partial charge in [0.1, 0.15) is 5.65 Å². The molecule has 0 fully saturated rings. The maximum absolute atomic E-state index is 12.4. The summed E-state index contributed by atoms with van der Waals surface area (Å²) in [6.07, 6.45) is 4.10. The van der Waals surface area contributed by atoms with Gasteiger partial charge >= 0.3 is 11.7 Å². The minimum Gasteiger partial charge on any atom is -0.478 e. The Morgan fingerprint density at radius 3 is 2.45 bits per heavy atom. The molecule has 3 rings (SSSR count). The summed E-state index contributed by atoms with van der Waals surface area (Å²) in [5, 5.41) is 9.67. The van der Waals surface area contributed by atoms with Gasteiger partial charge in [0.05, 0.1) is 10.9 Å². The molecule has 0 atom stereocenters. The van der Waals surface area contributed by atoms with Crippen LogP contribution in [0.25, 0.3) is 11.0 Å². The highest BCUT2D eigenvalue weighted by Crippen LogP contribution is 2.26. The number of carboxylic acid groups (broad SMARTS) is 1. The van der Waals surface area contributed by atoms with Crippen LogP contribution in [0.15, 0.2) is 9.59 Å². The molecule has 0 saturated heterocycles. The largest absolute Gasteiger partial charge is 0.478 e. The van der Waals surface area contributed by atoms with Gasteiger partial charge in [0.25, 0.3) is 5.56 Å². The van der Waals surface area contributed by atoms with Crippen molar-refractivity contribution in [3.8, 4) is 0 Å². The molecule has 0 amide bonds. The van der Waals surface area contributed by atoms with E-state index in [2.05, 4.69) is 4.98 Å². The van der Waals surface area contributed by atoms with Gasteiger partial charge in [-0.2, -0.15) is 0 Å². The zero-order valence-corrected chi connectivity index (χ0v) is 12.5. The quantitative estimate of drug-likeness (QED) is 0.779. The second kappa shape index (κ2) is 5.08. The summed E-state index contributed by atoms with van der Waals surface area (Å²) >= 11 is 0. The first-order chi connectivity index (χ1) is 10.4. The molecule has 7 nitrogen and oxygen atoms in total. The van der Waals surface area contributed by atoms with E-state index in [1.54, 1.807) is 0 Å². The fourth-order valence-electron chi connectivity index (χ4n) is 3.16. The molecule has 1 aliphatic carbocycles. The van der Waals surface area contributed by atoms with E-state index in [-0.39, 0.29) is 16.6 Å². The first-order valence-corrected chi connectivity index (χ1v) is 7.28. The van der Waals surface area contributed by atoms with E-state index in [9.17, 15) is 19.5 Å². The molecule has 0 bridgehead atoms. The van der Waals surface area contributed by atoms with Crippen LogP contribution in [-0.2, 0) is 26.9 Å². The number of hydrogen-bond acceptors (Lipinski definition) is 4. The molecular formula is C15H17N3O4. The molecule has 7 heteroatoms. The van der Waals surface area contributed by atoms with Crippen LogP contribution in [0.2, 0.25) is 0 Å². The van der Waals surface area contributed by atoms with Crippen molar-refractivity contribution in [3.63, 3.8) is 0 Å². The van der Waals surface area contributed by atoms with Gasteiger partial charge in [0.15, 0.2) is 0 Å². The summed E-state index contributed by atoms with van der Waals surface area (Å²) in [6.45, 7) is 0. The van der Waals surface area contributed by atoms with Crippen LogP contribution >= 0.6 is 0 Å². The highest BCUT2D eigenvalue weighted by Gasteiger charge is 2.25. The Morgan fingerprint density at radius 1 is 1.09 bits per heavy atom. The van der Waals surface area contributed by atoms with Crippen LogP contribution in [0.4, 0.5) is 0 Å². The van der Waals surface area contributed by atoms with Gasteiger partial charge in [0, 0.05) is 19.8 Å². The average molecular weight is 303 g/mol. The van der Waals surface area contributed by atoms with E-state index < -0.39 is 17.2 Å². The van der Waals surface area contributed by atoms with Crippen molar-refractivity contribution in [1.82, 2.24) is 14.1 Å². The zero-order chi connectivity index (χ0) is 16.0. The second-order valence-electron chi connectivity index (χ2n) is 5.68. The minimum atomic E-state index is -1.14. The fourth-order valence-corrected chi connectivity index (χ4v) is 3.16. The van der Waals surface area contributed by atoms with E-state index in [4.69, 9.17) is 0 Å². The van der Waals surface area contributed by atoms with Gasteiger partial charge in [-0.3, -0.25) is 13.9 Å². The lowest BCUT2D eigenvalue weighted by Crippen LogP contribution is -2.38. The molecule has 2 heterocycles. The smallest absolute Gasteiger partial charge is 0.336 e. The lowest BCUT2D eigenvalue weighted by molar-refractivity contribution is 0.0697. The molecule has 2 aromatic rings. The van der Waals surface area contributed by atoms with Gasteiger partial charge in [-0.25, -0.2) is 14.6 Å². The molecule has 116 valence electrons. The average Bonchev–Trinajstić information content (AvgIpc) is 2.73. The van der Waals surface area contributed by atoms with Crippen molar-refractivity contribution in [2.75, 3.05) is 0 Å². The van der Waals surface area contributed by atoms with E-state index in [0.717, 1.165) is 23.8 Å². The topological polar surface area (TPSA) is 94.2 Å². The Balaban J connectivity index is 2.59. The standard InChI is InChI=1S/C15H17N3O4/c1-17-12-11(13(19)18(2)15(17)22)10(14(20)21)8-6-4-3-5-7-9(8)16-12/h3-7H2,1-2H3,(H,20,21). The minimum absolute atomic E-state index is 0.0121. The van der Waals surface area contributed by atoms with Crippen LogP contribution in [0.1, 0.15) is 40.9 Å². The van der Waals surface area contributed by atoms with Crippen molar-refractivity contribution < 1.29 is 9.90 Å². The Bertz CT molecular complexity index is 908. The normalized spacial score (nSPS) is 14.6. The number of aromatic nitrogens is 3. The number of pyridine rings is 1. The van der Waals surface area contributed by atoms with E-state index >= 15 is 0 Å². The summed E-state index contributed by atoms with van der Waals surface area (Å²) in [7, 11) is 2.85. The number of nitrogens with zero attached hydrogens (tertiary/aromatic N) is 3. The zero-order valence-electron chi connectivity index (χ0n) is 12.5. The monoisotopic (exact) mass is 303 g/mol. The molecule has 0 spiro atoms. The van der Waals surface area contributed by atoms with Crippen molar-refractivity contribution in [1.29, 1.82) is 0 Å². The molecule has 0 aliphatic heterocycles. The van der Waals surface area contributed by atoms with E-state index in [1.165, 1.54) is 18.7 Å². The van der Waals surface area contributed by atoms with Crippen LogP contribution in [0.5, 0.6) is 0 Å². The molecule has 0 unspecified atom stereocenters. The number of hydrogen-bond donors (Lipinski definition) is 1. The van der Waals surface area contributed by atoms with Crippen LogP contribution in [0, 0.1) is 0 Å². The maximum Gasteiger partial charge on any atom is 0.336 e. The third kappa shape index (κ3) is 1.96. The molecule has 0 radical (unpaired) electrons. The Kier molecular flexibility index (Phi) is 3.35. The van der Waals surface area contributed by atoms with Crippen LogP contribution in [0.3, 0.4) is 0 Å². The van der Waals surface area contributed by atoms with Crippen LogP contribution < -0.4 is 11.2 Å². The maximum atomic E-state index is 12.4. The molecular weight excluding hydrogens is 286 g/mol. The molecule has 0 saturated carbocycles. The third-order valence-electron chi connectivity index (χ3n) is 4.33. The molecule has 2 aromatic heterocycles. The SMILES string of the molecule is Cn1c(=O)c2c(C(=O)O)c3c(nc2n(C)c1=O)CCCCC3. The third-order valence-corrected chi connectivity index (χ3v) is 4.33. The summed E-state index contributed by atoms with van der Waals surface area (Å²) < 4.78 is 2.17. The number of carbonyl (C=O) groups is 1. The Morgan fingerprint density at radius 2 is 1.77 bits per heavy atom. The first kappa shape index (κ1) is 14.5. The van der Waals surface area contributed by atoms with Gasteiger partial charge in [0.2, 0.25) is 0 Å².